The zero-order valence-corrected chi connectivity index (χ0v) is 6.13. The Morgan fingerprint density at radius 2 is 2.10 bits per heavy atom. The van der Waals surface area contributed by atoms with Gasteiger partial charge in [0.2, 0.25) is 0 Å². The fourth-order valence-electron chi connectivity index (χ4n) is 1.12. The molecule has 48 valence electrons. The minimum Gasteiger partial charge on any atom is -1.00 e. The fraction of sp³-hybridized carbons (Fsp3) is 0.250. The van der Waals surface area contributed by atoms with Gasteiger partial charge in [-0.1, -0.05) is 18.2 Å². The number of hydrogen-bond donors (Lipinski definition) is 0. The van der Waals surface area contributed by atoms with Gasteiger partial charge in [-0.25, -0.2) is 0 Å². The van der Waals surface area contributed by atoms with Crippen LogP contribution in [0.1, 0.15) is 6.99 Å². The molecule has 2 rings (SSSR count). The average Bonchev–Trinajstić information content (AvgIpc) is 2.33. The standard InChI is InChI=1S/C8H8O.Li.H/c1-2-4-8-7(3-1)5-6-9-8;;/h1-4H,5-6H2;;/q;+1;-1. The molecule has 1 aromatic rings. The first-order valence-corrected chi connectivity index (χ1v) is 3.17. The number of ether oxygens (including phenoxy) is 1. The van der Waals surface area contributed by atoms with Crippen LogP contribution in [-0.4, -0.2) is 6.61 Å². The Hall–Kier alpha value is -0.383. The summed E-state index contributed by atoms with van der Waals surface area (Å²) >= 11 is 0. The van der Waals surface area contributed by atoms with Gasteiger partial charge in [0.25, 0.3) is 0 Å². The van der Waals surface area contributed by atoms with E-state index < -0.39 is 0 Å². The van der Waals surface area contributed by atoms with E-state index in [2.05, 4.69) is 6.07 Å². The van der Waals surface area contributed by atoms with E-state index in [9.17, 15) is 0 Å². The zero-order valence-electron chi connectivity index (χ0n) is 7.13. The summed E-state index contributed by atoms with van der Waals surface area (Å²) in [7, 11) is 0. The van der Waals surface area contributed by atoms with Crippen molar-refractivity contribution in [2.45, 2.75) is 6.42 Å². The number of benzene rings is 1. The molecule has 10 heavy (non-hydrogen) atoms. The van der Waals surface area contributed by atoms with Gasteiger partial charge in [0.05, 0.1) is 6.61 Å². The first-order chi connectivity index (χ1) is 4.47. The van der Waals surface area contributed by atoms with Gasteiger partial charge in [-0.2, -0.15) is 0 Å². The molecule has 0 fully saturated rings. The molecule has 0 bridgehead atoms. The molecule has 0 amide bonds. The third-order valence-corrected chi connectivity index (χ3v) is 1.60. The van der Waals surface area contributed by atoms with Gasteiger partial charge in [-0.15, -0.1) is 0 Å². The zero-order chi connectivity index (χ0) is 6.10. The Balaban J connectivity index is 0.000000500. The topological polar surface area (TPSA) is 9.23 Å². The normalized spacial score (nSPS) is 13.2. The van der Waals surface area contributed by atoms with E-state index in [0.717, 1.165) is 18.8 Å². The molecule has 1 aromatic carbocycles. The Morgan fingerprint density at radius 1 is 1.30 bits per heavy atom. The first-order valence-electron chi connectivity index (χ1n) is 3.17. The molecule has 0 saturated carbocycles. The molecule has 1 heterocycles. The summed E-state index contributed by atoms with van der Waals surface area (Å²) < 4.78 is 5.30. The molecule has 0 aromatic heterocycles. The summed E-state index contributed by atoms with van der Waals surface area (Å²) in [5, 5.41) is 0. The minimum atomic E-state index is 0. The average molecular weight is 128 g/mol. The number of para-hydroxylation sites is 1. The minimum absolute atomic E-state index is 0. The van der Waals surface area contributed by atoms with Crippen LogP contribution in [0.4, 0.5) is 0 Å². The van der Waals surface area contributed by atoms with Gasteiger partial charge < -0.3 is 6.16 Å². The van der Waals surface area contributed by atoms with Gasteiger partial charge in [-0.05, 0) is 11.6 Å². The SMILES string of the molecule is [H-].[Li+].c1ccc2c(c1)CCO2. The van der Waals surface area contributed by atoms with Crippen LogP contribution in [0.2, 0.25) is 0 Å². The summed E-state index contributed by atoms with van der Waals surface area (Å²) in [6.07, 6.45) is 1.08. The number of rotatable bonds is 0. The predicted octanol–water partition coefficient (Wildman–Crippen LogP) is -1.26. The summed E-state index contributed by atoms with van der Waals surface area (Å²) in [5.41, 5.74) is 1.34. The predicted molar refractivity (Wildman–Crippen MR) is 36.8 cm³/mol. The molecule has 0 unspecified atom stereocenters. The van der Waals surface area contributed by atoms with E-state index in [1.54, 1.807) is 0 Å². The van der Waals surface area contributed by atoms with Gasteiger partial charge in [-0.3, -0.25) is 0 Å². The molecular weight excluding hydrogens is 119 g/mol. The maximum atomic E-state index is 5.30. The largest absolute Gasteiger partial charge is 1.00 e. The third-order valence-electron chi connectivity index (χ3n) is 1.60. The number of hydrogen-bond acceptors (Lipinski definition) is 1. The van der Waals surface area contributed by atoms with Crippen molar-refractivity contribution < 1.29 is 25.0 Å². The third kappa shape index (κ3) is 1.21. The van der Waals surface area contributed by atoms with E-state index in [1.165, 1.54) is 5.56 Å². The molecule has 1 aliphatic rings. The summed E-state index contributed by atoms with van der Waals surface area (Å²) in [6.45, 7) is 0.860. The van der Waals surface area contributed by atoms with Gasteiger partial charge in [0, 0.05) is 6.42 Å². The molecule has 1 aliphatic heterocycles. The Labute approximate surface area is 74.1 Å². The van der Waals surface area contributed by atoms with Crippen LogP contribution in [0, 0.1) is 0 Å². The summed E-state index contributed by atoms with van der Waals surface area (Å²) in [5.74, 6) is 1.07. The second-order valence-corrected chi connectivity index (χ2v) is 2.21. The second-order valence-electron chi connectivity index (χ2n) is 2.21. The van der Waals surface area contributed by atoms with Crippen LogP contribution in [0.3, 0.4) is 0 Å². The van der Waals surface area contributed by atoms with Crippen molar-refractivity contribution >= 4 is 0 Å². The molecule has 0 spiro atoms. The van der Waals surface area contributed by atoms with Crippen LogP contribution in [0.5, 0.6) is 5.75 Å². The van der Waals surface area contributed by atoms with Crippen LogP contribution in [-0.2, 0) is 6.42 Å². The Morgan fingerprint density at radius 3 is 2.90 bits per heavy atom. The van der Waals surface area contributed by atoms with Crippen molar-refractivity contribution in [1.82, 2.24) is 0 Å². The van der Waals surface area contributed by atoms with Crippen molar-refractivity contribution in [3.05, 3.63) is 29.8 Å². The van der Waals surface area contributed by atoms with Crippen molar-refractivity contribution in [3.63, 3.8) is 0 Å². The van der Waals surface area contributed by atoms with E-state index in [1.807, 2.05) is 18.2 Å². The van der Waals surface area contributed by atoms with E-state index >= 15 is 0 Å². The van der Waals surface area contributed by atoms with Gasteiger partial charge in [0.15, 0.2) is 0 Å². The van der Waals surface area contributed by atoms with Crippen LogP contribution >= 0.6 is 0 Å². The molecule has 2 heteroatoms. The maximum absolute atomic E-state index is 5.30. The van der Waals surface area contributed by atoms with E-state index in [0.29, 0.717) is 0 Å². The van der Waals surface area contributed by atoms with E-state index in [4.69, 9.17) is 4.74 Å². The fourth-order valence-corrected chi connectivity index (χ4v) is 1.12. The summed E-state index contributed by atoms with van der Waals surface area (Å²) in [6, 6.07) is 8.18. The van der Waals surface area contributed by atoms with Crippen LogP contribution < -0.4 is 23.6 Å². The Bertz CT molecular complexity index is 204. The second kappa shape index (κ2) is 3.14. The molecule has 0 atom stereocenters. The van der Waals surface area contributed by atoms with Crippen LogP contribution in [0.25, 0.3) is 0 Å². The van der Waals surface area contributed by atoms with Crippen molar-refractivity contribution in [3.8, 4) is 5.75 Å². The first kappa shape index (κ1) is 7.72. The molecule has 0 N–H and O–H groups in total. The molecule has 0 radical (unpaired) electrons. The smallest absolute Gasteiger partial charge is 1.00 e. The quantitative estimate of drug-likeness (QED) is 0.396. The Kier molecular flexibility index (Phi) is 2.43. The molecule has 1 nitrogen and oxygen atoms in total. The van der Waals surface area contributed by atoms with Crippen molar-refractivity contribution in [2.24, 2.45) is 0 Å². The van der Waals surface area contributed by atoms with Crippen molar-refractivity contribution in [1.29, 1.82) is 0 Å². The monoisotopic (exact) mass is 128 g/mol. The van der Waals surface area contributed by atoms with Crippen LogP contribution in [0.15, 0.2) is 24.3 Å². The van der Waals surface area contributed by atoms with E-state index in [-0.39, 0.29) is 20.3 Å². The van der Waals surface area contributed by atoms with Gasteiger partial charge >= 0.3 is 18.9 Å². The number of fused-ring (bicyclic) bond motifs is 1. The van der Waals surface area contributed by atoms with Crippen molar-refractivity contribution in [2.75, 3.05) is 6.61 Å². The summed E-state index contributed by atoms with van der Waals surface area (Å²) in [4.78, 5) is 0. The maximum Gasteiger partial charge on any atom is 1.00 e. The molecule has 0 aliphatic carbocycles. The molecule has 0 saturated heterocycles. The van der Waals surface area contributed by atoms with Gasteiger partial charge in [0.1, 0.15) is 5.75 Å². The molecular formula is C8H9LiO.